The van der Waals surface area contributed by atoms with E-state index in [4.69, 9.17) is 18.0 Å². The van der Waals surface area contributed by atoms with Gasteiger partial charge in [-0.15, -0.1) is 0 Å². The molecule has 2 rings (SSSR count). The van der Waals surface area contributed by atoms with E-state index in [-0.39, 0.29) is 6.10 Å². The number of benzene rings is 1. The summed E-state index contributed by atoms with van der Waals surface area (Å²) in [4.78, 5) is 2.54. The van der Waals surface area contributed by atoms with Crippen LogP contribution in [0.5, 0.6) is 0 Å². The molecule has 0 bridgehead atoms. The van der Waals surface area contributed by atoms with Gasteiger partial charge in [0, 0.05) is 28.8 Å². The van der Waals surface area contributed by atoms with Crippen LogP contribution in [-0.2, 0) is 0 Å². The molecule has 1 heterocycles. The van der Waals surface area contributed by atoms with E-state index in [1.165, 1.54) is 0 Å². The number of hydrogen-bond acceptors (Lipinski definition) is 3. The predicted octanol–water partition coefficient (Wildman–Crippen LogP) is 2.04. The normalized spacial score (nSPS) is 20.4. The minimum atomic E-state index is -0.262. The van der Waals surface area contributed by atoms with Crippen molar-refractivity contribution in [3.05, 3.63) is 28.2 Å². The predicted molar refractivity (Wildman–Crippen MR) is 77.5 cm³/mol. The number of aliphatic hydroxyl groups is 1. The molecular formula is C12H15BrN2OS. The highest BCUT2D eigenvalue weighted by Gasteiger charge is 2.20. The highest BCUT2D eigenvalue weighted by atomic mass is 79.9. The zero-order valence-corrected chi connectivity index (χ0v) is 11.8. The number of nitrogens with two attached hydrogens (primary N) is 1. The van der Waals surface area contributed by atoms with Crippen molar-refractivity contribution in [1.82, 2.24) is 0 Å². The van der Waals surface area contributed by atoms with E-state index >= 15 is 0 Å². The van der Waals surface area contributed by atoms with Crippen molar-refractivity contribution in [2.24, 2.45) is 5.73 Å². The van der Waals surface area contributed by atoms with Gasteiger partial charge in [0.2, 0.25) is 0 Å². The molecule has 1 aliphatic rings. The monoisotopic (exact) mass is 314 g/mol. The summed E-state index contributed by atoms with van der Waals surface area (Å²) in [5.41, 5.74) is 7.61. The summed E-state index contributed by atoms with van der Waals surface area (Å²) in [6.45, 7) is 1.58. The quantitative estimate of drug-likeness (QED) is 0.820. The number of hydrogen-bond donors (Lipinski definition) is 2. The smallest absolute Gasteiger partial charge is 0.106 e. The Morgan fingerprint density at radius 2 is 2.29 bits per heavy atom. The molecule has 1 unspecified atom stereocenters. The topological polar surface area (TPSA) is 49.5 Å². The van der Waals surface area contributed by atoms with Gasteiger partial charge in [0.1, 0.15) is 4.99 Å². The molecule has 0 aromatic heterocycles. The van der Waals surface area contributed by atoms with Crippen LogP contribution in [0.1, 0.15) is 18.4 Å². The van der Waals surface area contributed by atoms with Crippen LogP contribution in [0.3, 0.4) is 0 Å². The van der Waals surface area contributed by atoms with Crippen molar-refractivity contribution in [3.63, 3.8) is 0 Å². The molecule has 92 valence electrons. The minimum absolute atomic E-state index is 0.262. The van der Waals surface area contributed by atoms with Crippen LogP contribution in [0, 0.1) is 0 Å². The Morgan fingerprint density at radius 1 is 1.53 bits per heavy atom. The number of thiocarbonyl (C=S) groups is 1. The maximum absolute atomic E-state index is 9.72. The summed E-state index contributed by atoms with van der Waals surface area (Å²) in [5.74, 6) is 0. The third-order valence-corrected chi connectivity index (χ3v) is 3.68. The Bertz CT molecular complexity index is 439. The molecule has 3 N–H and O–H groups in total. The number of β-amino-alcohol motifs (C(OH)–C–C–N with tert-alkyl or cyclic N) is 1. The number of halogens is 1. The standard InChI is InChI=1S/C12H15BrN2OS/c13-8-3-4-10(12(14)17)11(6-8)15-5-1-2-9(16)7-15/h3-4,6,9,16H,1-2,5,7H2,(H2,14,17). The maximum atomic E-state index is 9.72. The number of anilines is 1. The van der Waals surface area contributed by atoms with E-state index in [9.17, 15) is 5.11 Å². The first-order chi connectivity index (χ1) is 8.08. The lowest BCUT2D eigenvalue weighted by Gasteiger charge is -2.33. The number of rotatable bonds is 2. The number of piperidine rings is 1. The first-order valence-corrected chi connectivity index (χ1v) is 6.80. The summed E-state index contributed by atoms with van der Waals surface area (Å²) in [6.07, 6.45) is 1.60. The summed E-state index contributed by atoms with van der Waals surface area (Å²) < 4.78 is 0.993. The molecule has 17 heavy (non-hydrogen) atoms. The van der Waals surface area contributed by atoms with E-state index in [1.807, 2.05) is 18.2 Å². The lowest BCUT2D eigenvalue weighted by atomic mass is 10.1. The first-order valence-electron chi connectivity index (χ1n) is 5.60. The largest absolute Gasteiger partial charge is 0.391 e. The van der Waals surface area contributed by atoms with Gasteiger partial charge >= 0.3 is 0 Å². The second kappa shape index (κ2) is 5.33. The minimum Gasteiger partial charge on any atom is -0.391 e. The SMILES string of the molecule is NC(=S)c1ccc(Br)cc1N1CCCC(O)C1. The van der Waals surface area contributed by atoms with Crippen LogP contribution in [0.2, 0.25) is 0 Å². The van der Waals surface area contributed by atoms with Crippen molar-refractivity contribution in [1.29, 1.82) is 0 Å². The van der Waals surface area contributed by atoms with Gasteiger partial charge in [-0.3, -0.25) is 0 Å². The summed E-state index contributed by atoms with van der Waals surface area (Å²) in [6, 6.07) is 5.85. The third kappa shape index (κ3) is 2.97. The summed E-state index contributed by atoms with van der Waals surface area (Å²) in [5, 5.41) is 9.72. The van der Waals surface area contributed by atoms with E-state index in [2.05, 4.69) is 20.8 Å². The molecular weight excluding hydrogens is 300 g/mol. The van der Waals surface area contributed by atoms with Crippen LogP contribution >= 0.6 is 28.1 Å². The van der Waals surface area contributed by atoms with Crippen molar-refractivity contribution in [2.75, 3.05) is 18.0 Å². The molecule has 1 aliphatic heterocycles. The molecule has 0 saturated carbocycles. The second-order valence-electron chi connectivity index (χ2n) is 4.27. The lowest BCUT2D eigenvalue weighted by Crippen LogP contribution is -2.39. The van der Waals surface area contributed by atoms with Gasteiger partial charge in [-0.05, 0) is 31.0 Å². The van der Waals surface area contributed by atoms with Gasteiger partial charge < -0.3 is 15.7 Å². The Hall–Kier alpha value is -0.650. The molecule has 3 nitrogen and oxygen atoms in total. The molecule has 0 aliphatic carbocycles. The average Bonchev–Trinajstić information content (AvgIpc) is 2.28. The fourth-order valence-electron chi connectivity index (χ4n) is 2.15. The maximum Gasteiger partial charge on any atom is 0.106 e. The van der Waals surface area contributed by atoms with E-state index in [0.29, 0.717) is 11.5 Å². The second-order valence-corrected chi connectivity index (χ2v) is 5.62. The third-order valence-electron chi connectivity index (χ3n) is 2.96. The van der Waals surface area contributed by atoms with Crippen LogP contribution in [0.25, 0.3) is 0 Å². The summed E-state index contributed by atoms with van der Waals surface area (Å²) in [7, 11) is 0. The van der Waals surface area contributed by atoms with Gasteiger partial charge in [0.25, 0.3) is 0 Å². The molecule has 1 aromatic carbocycles. The number of nitrogens with zero attached hydrogens (tertiary/aromatic N) is 1. The average molecular weight is 315 g/mol. The van der Waals surface area contributed by atoms with Crippen LogP contribution in [0.15, 0.2) is 22.7 Å². The molecule has 0 radical (unpaired) electrons. The van der Waals surface area contributed by atoms with Crippen molar-refractivity contribution in [2.45, 2.75) is 18.9 Å². The van der Waals surface area contributed by atoms with Gasteiger partial charge in [-0.2, -0.15) is 0 Å². The molecule has 1 saturated heterocycles. The lowest BCUT2D eigenvalue weighted by molar-refractivity contribution is 0.154. The molecule has 1 fully saturated rings. The Kier molecular flexibility index (Phi) is 4.01. The molecule has 1 aromatic rings. The van der Waals surface area contributed by atoms with Crippen molar-refractivity contribution >= 4 is 38.8 Å². The van der Waals surface area contributed by atoms with E-state index in [1.54, 1.807) is 0 Å². The Morgan fingerprint density at radius 3 is 2.94 bits per heavy atom. The molecule has 1 atom stereocenters. The van der Waals surface area contributed by atoms with Gasteiger partial charge in [-0.1, -0.05) is 28.1 Å². The summed E-state index contributed by atoms with van der Waals surface area (Å²) >= 11 is 8.52. The van der Waals surface area contributed by atoms with Crippen molar-refractivity contribution < 1.29 is 5.11 Å². The van der Waals surface area contributed by atoms with Crippen LogP contribution in [-0.4, -0.2) is 29.3 Å². The Labute approximate surface area is 115 Å². The van der Waals surface area contributed by atoms with Crippen LogP contribution < -0.4 is 10.6 Å². The van der Waals surface area contributed by atoms with Crippen molar-refractivity contribution in [3.8, 4) is 0 Å². The molecule has 5 heteroatoms. The Balaban J connectivity index is 2.35. The fourth-order valence-corrected chi connectivity index (χ4v) is 2.67. The fraction of sp³-hybridized carbons (Fsp3) is 0.417. The molecule has 0 amide bonds. The zero-order chi connectivity index (χ0) is 12.4. The number of aliphatic hydroxyl groups excluding tert-OH is 1. The van der Waals surface area contributed by atoms with E-state index < -0.39 is 0 Å². The zero-order valence-electron chi connectivity index (χ0n) is 9.40. The van der Waals surface area contributed by atoms with Crippen LogP contribution in [0.4, 0.5) is 5.69 Å². The highest BCUT2D eigenvalue weighted by Crippen LogP contribution is 2.27. The van der Waals surface area contributed by atoms with Gasteiger partial charge in [0.05, 0.1) is 6.10 Å². The molecule has 0 spiro atoms. The van der Waals surface area contributed by atoms with E-state index in [0.717, 1.165) is 35.1 Å². The van der Waals surface area contributed by atoms with Gasteiger partial charge in [-0.25, -0.2) is 0 Å². The van der Waals surface area contributed by atoms with Gasteiger partial charge in [0.15, 0.2) is 0 Å². The highest BCUT2D eigenvalue weighted by molar-refractivity contribution is 9.10. The first kappa shape index (κ1) is 12.8.